The zero-order chi connectivity index (χ0) is 14.3. The Bertz CT molecular complexity index is 804. The predicted octanol–water partition coefficient (Wildman–Crippen LogP) is 2.29. The van der Waals surface area contributed by atoms with Gasteiger partial charge in [0.1, 0.15) is 11.0 Å². The van der Waals surface area contributed by atoms with Gasteiger partial charge in [0.25, 0.3) is 5.91 Å². The molecular formula is C13H13N5OS. The summed E-state index contributed by atoms with van der Waals surface area (Å²) in [6.07, 6.45) is 0. The van der Waals surface area contributed by atoms with Crippen LogP contribution in [0.3, 0.4) is 0 Å². The van der Waals surface area contributed by atoms with Crippen molar-refractivity contribution in [2.45, 2.75) is 13.8 Å². The minimum absolute atomic E-state index is 0.192. The van der Waals surface area contributed by atoms with Gasteiger partial charge >= 0.3 is 0 Å². The van der Waals surface area contributed by atoms with Gasteiger partial charge in [-0.3, -0.25) is 9.48 Å². The van der Waals surface area contributed by atoms with Crippen molar-refractivity contribution in [3.8, 4) is 0 Å². The third kappa shape index (κ3) is 1.96. The summed E-state index contributed by atoms with van der Waals surface area (Å²) in [5.74, 6) is -0.192. The lowest BCUT2D eigenvalue weighted by atomic mass is 10.1. The molecular weight excluding hydrogens is 274 g/mol. The minimum Gasteiger partial charge on any atom is -0.319 e. The molecule has 2 heterocycles. The van der Waals surface area contributed by atoms with E-state index < -0.39 is 0 Å². The molecule has 0 unspecified atom stereocenters. The lowest BCUT2D eigenvalue weighted by Crippen LogP contribution is -2.13. The second kappa shape index (κ2) is 4.68. The Morgan fingerprint density at radius 3 is 2.80 bits per heavy atom. The molecule has 0 radical (unpaired) electrons. The van der Waals surface area contributed by atoms with Crippen molar-refractivity contribution in [2.24, 2.45) is 7.05 Å². The Kier molecular flexibility index (Phi) is 2.98. The monoisotopic (exact) mass is 287 g/mol. The molecule has 7 heteroatoms. The van der Waals surface area contributed by atoms with E-state index in [1.807, 2.05) is 33.0 Å². The number of carbonyl (C=O) groups excluding carboxylic acids is 1. The van der Waals surface area contributed by atoms with E-state index in [1.54, 1.807) is 10.7 Å². The number of amides is 1. The topological polar surface area (TPSA) is 72.7 Å². The van der Waals surface area contributed by atoms with Gasteiger partial charge in [-0.05, 0) is 26.0 Å². The lowest BCUT2D eigenvalue weighted by Gasteiger charge is -2.06. The fraction of sp³-hybridized carbons (Fsp3) is 0.231. The highest BCUT2D eigenvalue weighted by Crippen LogP contribution is 2.22. The van der Waals surface area contributed by atoms with Gasteiger partial charge in [0, 0.05) is 7.05 Å². The Labute approximate surface area is 119 Å². The van der Waals surface area contributed by atoms with Crippen LogP contribution in [0.2, 0.25) is 0 Å². The molecule has 0 aliphatic rings. The SMILES string of the molecule is Cc1nn(C)c(C)c1NC(=O)c1cccc2nsnc12. The average molecular weight is 287 g/mol. The number of fused-ring (bicyclic) bond motifs is 1. The van der Waals surface area contributed by atoms with Crippen LogP contribution in [-0.2, 0) is 7.05 Å². The van der Waals surface area contributed by atoms with E-state index in [9.17, 15) is 4.79 Å². The molecule has 0 aliphatic carbocycles. The van der Waals surface area contributed by atoms with E-state index in [4.69, 9.17) is 0 Å². The summed E-state index contributed by atoms with van der Waals surface area (Å²) in [6.45, 7) is 3.79. The van der Waals surface area contributed by atoms with Gasteiger partial charge in [-0.25, -0.2) is 0 Å². The number of aromatic nitrogens is 4. The molecule has 6 nitrogen and oxygen atoms in total. The van der Waals surface area contributed by atoms with Crippen molar-refractivity contribution < 1.29 is 4.79 Å². The van der Waals surface area contributed by atoms with Crippen molar-refractivity contribution in [2.75, 3.05) is 5.32 Å². The van der Waals surface area contributed by atoms with Gasteiger partial charge in [-0.15, -0.1) is 0 Å². The minimum atomic E-state index is -0.192. The summed E-state index contributed by atoms with van der Waals surface area (Å²) in [6, 6.07) is 5.40. The van der Waals surface area contributed by atoms with Crippen LogP contribution < -0.4 is 5.32 Å². The largest absolute Gasteiger partial charge is 0.319 e. The molecule has 0 spiro atoms. The van der Waals surface area contributed by atoms with Crippen LogP contribution in [-0.4, -0.2) is 24.4 Å². The molecule has 0 saturated carbocycles. The normalized spacial score (nSPS) is 10.9. The summed E-state index contributed by atoms with van der Waals surface area (Å²) >= 11 is 1.10. The van der Waals surface area contributed by atoms with Gasteiger partial charge in [0.05, 0.1) is 34.4 Å². The van der Waals surface area contributed by atoms with E-state index in [1.165, 1.54) is 0 Å². The van der Waals surface area contributed by atoms with Crippen molar-refractivity contribution >= 4 is 34.4 Å². The number of carbonyl (C=O) groups is 1. The highest BCUT2D eigenvalue weighted by atomic mass is 32.1. The Morgan fingerprint density at radius 1 is 1.30 bits per heavy atom. The van der Waals surface area contributed by atoms with Crippen molar-refractivity contribution in [3.63, 3.8) is 0 Å². The average Bonchev–Trinajstić information content (AvgIpc) is 2.99. The molecule has 3 aromatic rings. The number of anilines is 1. The molecule has 1 N–H and O–H groups in total. The smallest absolute Gasteiger partial charge is 0.258 e. The quantitative estimate of drug-likeness (QED) is 0.785. The number of rotatable bonds is 2. The number of aryl methyl sites for hydroxylation is 2. The van der Waals surface area contributed by atoms with Crippen LogP contribution in [0.4, 0.5) is 5.69 Å². The summed E-state index contributed by atoms with van der Waals surface area (Å²) in [4.78, 5) is 12.4. The summed E-state index contributed by atoms with van der Waals surface area (Å²) in [5.41, 5.74) is 4.36. The lowest BCUT2D eigenvalue weighted by molar-refractivity contribution is 0.102. The molecule has 0 bridgehead atoms. The molecule has 2 aromatic heterocycles. The maximum absolute atomic E-state index is 12.4. The zero-order valence-electron chi connectivity index (χ0n) is 11.3. The highest BCUT2D eigenvalue weighted by Gasteiger charge is 2.16. The Morgan fingerprint density at radius 2 is 2.10 bits per heavy atom. The first-order valence-corrected chi connectivity index (χ1v) is 6.84. The first-order valence-electron chi connectivity index (χ1n) is 6.10. The van der Waals surface area contributed by atoms with E-state index in [0.29, 0.717) is 11.1 Å². The van der Waals surface area contributed by atoms with Crippen LogP contribution in [0.15, 0.2) is 18.2 Å². The van der Waals surface area contributed by atoms with Crippen LogP contribution in [0.5, 0.6) is 0 Å². The molecule has 20 heavy (non-hydrogen) atoms. The Hall–Kier alpha value is -2.28. The zero-order valence-corrected chi connectivity index (χ0v) is 12.2. The standard InChI is InChI=1S/C13H13N5OS/c1-7-11(8(2)18(3)15-7)14-13(19)9-5-4-6-10-12(9)17-20-16-10/h4-6H,1-3H3,(H,14,19). The number of nitrogens with one attached hydrogen (secondary N) is 1. The molecule has 0 atom stereocenters. The fourth-order valence-electron chi connectivity index (χ4n) is 2.12. The van der Waals surface area contributed by atoms with Crippen LogP contribution in [0, 0.1) is 13.8 Å². The molecule has 102 valence electrons. The number of hydrogen-bond donors (Lipinski definition) is 1. The van der Waals surface area contributed by atoms with Crippen LogP contribution in [0.25, 0.3) is 11.0 Å². The van der Waals surface area contributed by atoms with Gasteiger partial charge in [-0.2, -0.15) is 13.8 Å². The van der Waals surface area contributed by atoms with E-state index in [0.717, 1.165) is 34.3 Å². The number of nitrogens with zero attached hydrogens (tertiary/aromatic N) is 4. The maximum atomic E-state index is 12.4. The van der Waals surface area contributed by atoms with Gasteiger partial charge in [-0.1, -0.05) is 6.07 Å². The summed E-state index contributed by atoms with van der Waals surface area (Å²) in [7, 11) is 1.85. The van der Waals surface area contributed by atoms with Crippen molar-refractivity contribution in [1.29, 1.82) is 0 Å². The predicted molar refractivity (Wildman–Crippen MR) is 78.1 cm³/mol. The van der Waals surface area contributed by atoms with Crippen molar-refractivity contribution in [3.05, 3.63) is 35.2 Å². The van der Waals surface area contributed by atoms with Crippen molar-refractivity contribution in [1.82, 2.24) is 18.5 Å². The summed E-state index contributed by atoms with van der Waals surface area (Å²) in [5, 5.41) is 7.20. The molecule has 0 aliphatic heterocycles. The fourth-order valence-corrected chi connectivity index (χ4v) is 2.67. The molecule has 1 aromatic carbocycles. The molecule has 3 rings (SSSR count). The molecule has 1 amide bonds. The number of hydrogen-bond acceptors (Lipinski definition) is 5. The first kappa shape index (κ1) is 12.7. The molecule has 0 saturated heterocycles. The molecule has 0 fully saturated rings. The summed E-state index contributed by atoms with van der Waals surface area (Å²) < 4.78 is 10.1. The van der Waals surface area contributed by atoms with Gasteiger partial charge in [0.15, 0.2) is 0 Å². The number of benzene rings is 1. The van der Waals surface area contributed by atoms with E-state index >= 15 is 0 Å². The Balaban J connectivity index is 1.99. The third-order valence-electron chi connectivity index (χ3n) is 3.28. The van der Waals surface area contributed by atoms with Gasteiger partial charge in [0.2, 0.25) is 0 Å². The highest BCUT2D eigenvalue weighted by molar-refractivity contribution is 7.00. The third-order valence-corrected chi connectivity index (χ3v) is 3.82. The van der Waals surface area contributed by atoms with Crippen LogP contribution in [0.1, 0.15) is 21.7 Å². The second-order valence-electron chi connectivity index (χ2n) is 4.56. The second-order valence-corrected chi connectivity index (χ2v) is 5.09. The maximum Gasteiger partial charge on any atom is 0.258 e. The first-order chi connectivity index (χ1) is 9.58. The van der Waals surface area contributed by atoms with E-state index in [-0.39, 0.29) is 5.91 Å². The van der Waals surface area contributed by atoms with Gasteiger partial charge < -0.3 is 5.32 Å². The van der Waals surface area contributed by atoms with Crippen LogP contribution >= 0.6 is 11.7 Å². The van der Waals surface area contributed by atoms with E-state index in [2.05, 4.69) is 19.2 Å².